The molecule has 2 aromatic carbocycles. The molecule has 0 aliphatic carbocycles. The second kappa shape index (κ2) is 7.53. The third-order valence-electron chi connectivity index (χ3n) is 3.66. The van der Waals surface area contributed by atoms with Gasteiger partial charge in [-0.1, -0.05) is 42.5 Å². The van der Waals surface area contributed by atoms with Crippen molar-refractivity contribution in [1.82, 2.24) is 10.4 Å². The molecule has 1 amide bonds. The molecule has 0 saturated carbocycles. The first-order valence-electron chi connectivity index (χ1n) is 8.08. The van der Waals surface area contributed by atoms with E-state index in [-0.39, 0.29) is 6.42 Å². The van der Waals surface area contributed by atoms with Crippen molar-refractivity contribution in [3.63, 3.8) is 0 Å². The minimum atomic E-state index is -1.02. The monoisotopic (exact) mass is 344 g/mol. The number of likely N-dealkylation sites (N-methyl/N-ethyl adjacent to an activating group) is 1. The highest BCUT2D eigenvalue weighted by Gasteiger charge is 2.26. The Morgan fingerprint density at radius 2 is 1.80 bits per heavy atom. The number of rotatable bonds is 5. The van der Waals surface area contributed by atoms with Gasteiger partial charge in [0.25, 0.3) is 0 Å². The van der Waals surface area contributed by atoms with Crippen LogP contribution in [-0.4, -0.2) is 40.9 Å². The van der Waals surface area contributed by atoms with Crippen molar-refractivity contribution >= 4 is 22.8 Å². The Morgan fingerprint density at radius 1 is 1.16 bits per heavy atom. The van der Waals surface area contributed by atoms with Crippen molar-refractivity contribution in [3.05, 3.63) is 48.0 Å². The standard InChI is InChI=1S/C19H24N2O4/c1-19(2,3)25-18(24)20-21(4)16(17(22)23)12-13-9-10-14-7-5-6-8-15(14)11-13/h5-11,16H,12H2,1-4H3,(H,20,24)(H,22,23)/t16-/m1/s1. The van der Waals surface area contributed by atoms with Crippen LogP contribution in [0, 0.1) is 0 Å². The molecule has 0 radical (unpaired) electrons. The van der Waals surface area contributed by atoms with Gasteiger partial charge in [-0.05, 0) is 37.1 Å². The Morgan fingerprint density at radius 3 is 2.40 bits per heavy atom. The molecular weight excluding hydrogens is 320 g/mol. The van der Waals surface area contributed by atoms with Crippen LogP contribution in [0.3, 0.4) is 0 Å². The van der Waals surface area contributed by atoms with Gasteiger partial charge in [0.1, 0.15) is 11.6 Å². The Labute approximate surface area is 147 Å². The molecule has 2 N–H and O–H groups in total. The van der Waals surface area contributed by atoms with E-state index in [0.29, 0.717) is 0 Å². The highest BCUT2D eigenvalue weighted by atomic mass is 16.6. The molecule has 6 heteroatoms. The number of aliphatic carboxylic acids is 1. The van der Waals surface area contributed by atoms with E-state index in [4.69, 9.17) is 4.74 Å². The molecule has 0 spiro atoms. The van der Waals surface area contributed by atoms with E-state index < -0.39 is 23.7 Å². The molecule has 0 heterocycles. The maximum Gasteiger partial charge on any atom is 0.422 e. The lowest BCUT2D eigenvalue weighted by molar-refractivity contribution is -0.143. The normalized spacial score (nSPS) is 12.8. The Kier molecular flexibility index (Phi) is 5.64. The van der Waals surface area contributed by atoms with E-state index in [1.54, 1.807) is 20.8 Å². The molecule has 0 fully saturated rings. The lowest BCUT2D eigenvalue weighted by Crippen LogP contribution is -2.51. The van der Waals surface area contributed by atoms with Crippen molar-refractivity contribution in [2.24, 2.45) is 0 Å². The number of carboxylic acids is 1. The van der Waals surface area contributed by atoms with Crippen LogP contribution in [0.25, 0.3) is 10.8 Å². The van der Waals surface area contributed by atoms with Gasteiger partial charge < -0.3 is 9.84 Å². The number of amides is 1. The summed E-state index contributed by atoms with van der Waals surface area (Å²) in [6, 6.07) is 12.8. The molecule has 134 valence electrons. The molecule has 0 aromatic heterocycles. The van der Waals surface area contributed by atoms with Crippen LogP contribution < -0.4 is 5.43 Å². The summed E-state index contributed by atoms with van der Waals surface area (Å²) in [5.41, 5.74) is 2.69. The smallest absolute Gasteiger partial charge is 0.422 e. The Bertz CT molecular complexity index is 767. The van der Waals surface area contributed by atoms with Gasteiger partial charge in [0.2, 0.25) is 0 Å². The third kappa shape index (κ3) is 5.46. The van der Waals surface area contributed by atoms with Gasteiger partial charge >= 0.3 is 12.1 Å². The molecule has 25 heavy (non-hydrogen) atoms. The third-order valence-corrected chi connectivity index (χ3v) is 3.66. The van der Waals surface area contributed by atoms with Crippen LogP contribution in [0.1, 0.15) is 26.3 Å². The van der Waals surface area contributed by atoms with Gasteiger partial charge in [-0.15, -0.1) is 0 Å². The number of hydrogen-bond donors (Lipinski definition) is 2. The van der Waals surface area contributed by atoms with Crippen molar-refractivity contribution in [2.45, 2.75) is 38.8 Å². The number of carbonyl (C=O) groups is 2. The Hall–Kier alpha value is -2.60. The molecule has 6 nitrogen and oxygen atoms in total. The van der Waals surface area contributed by atoms with Crippen LogP contribution in [0.2, 0.25) is 0 Å². The number of fused-ring (bicyclic) bond motifs is 1. The molecule has 1 atom stereocenters. The lowest BCUT2D eigenvalue weighted by atomic mass is 10.0. The van der Waals surface area contributed by atoms with Gasteiger partial charge in [0, 0.05) is 13.5 Å². The summed E-state index contributed by atoms with van der Waals surface area (Å²) in [4.78, 5) is 23.5. The molecule has 0 aliphatic heterocycles. The first kappa shape index (κ1) is 18.7. The lowest BCUT2D eigenvalue weighted by Gasteiger charge is -2.27. The van der Waals surface area contributed by atoms with Crippen LogP contribution in [0.4, 0.5) is 4.79 Å². The van der Waals surface area contributed by atoms with Crippen LogP contribution in [0.5, 0.6) is 0 Å². The van der Waals surface area contributed by atoms with Crippen molar-refractivity contribution < 1.29 is 19.4 Å². The van der Waals surface area contributed by atoms with E-state index in [0.717, 1.165) is 16.3 Å². The fourth-order valence-corrected chi connectivity index (χ4v) is 2.50. The van der Waals surface area contributed by atoms with Gasteiger partial charge in [0.05, 0.1) is 0 Å². The summed E-state index contributed by atoms with van der Waals surface area (Å²) in [5.74, 6) is -1.02. The van der Waals surface area contributed by atoms with Crippen molar-refractivity contribution in [2.75, 3.05) is 7.05 Å². The van der Waals surface area contributed by atoms with Gasteiger partial charge in [0.15, 0.2) is 0 Å². The minimum Gasteiger partial charge on any atom is -0.480 e. The molecule has 0 aliphatic rings. The number of nitrogens with zero attached hydrogens (tertiary/aromatic N) is 1. The predicted octanol–water partition coefficient (Wildman–Crippen LogP) is 3.21. The number of nitrogens with one attached hydrogen (secondary N) is 1. The average molecular weight is 344 g/mol. The molecule has 0 saturated heterocycles. The maximum atomic E-state index is 11.9. The largest absolute Gasteiger partial charge is 0.480 e. The molecule has 2 rings (SSSR count). The fraction of sp³-hybridized carbons (Fsp3) is 0.368. The van der Waals surface area contributed by atoms with E-state index in [9.17, 15) is 14.7 Å². The fourth-order valence-electron chi connectivity index (χ4n) is 2.50. The topological polar surface area (TPSA) is 78.9 Å². The highest BCUT2D eigenvalue weighted by molar-refractivity contribution is 5.83. The highest BCUT2D eigenvalue weighted by Crippen LogP contribution is 2.17. The number of hydrogen-bond acceptors (Lipinski definition) is 4. The summed E-state index contributed by atoms with van der Waals surface area (Å²) >= 11 is 0. The zero-order valence-electron chi connectivity index (χ0n) is 14.9. The number of ether oxygens (including phenoxy) is 1. The van der Waals surface area contributed by atoms with E-state index in [1.165, 1.54) is 12.1 Å². The second-order valence-corrected chi connectivity index (χ2v) is 6.96. The van der Waals surface area contributed by atoms with Crippen LogP contribution in [-0.2, 0) is 16.0 Å². The second-order valence-electron chi connectivity index (χ2n) is 6.96. The minimum absolute atomic E-state index is 0.256. The Balaban J connectivity index is 2.11. The quantitative estimate of drug-likeness (QED) is 0.814. The predicted molar refractivity (Wildman–Crippen MR) is 96.2 cm³/mol. The number of hydrazine groups is 1. The molecule has 0 bridgehead atoms. The summed E-state index contributed by atoms with van der Waals surface area (Å²) in [7, 11) is 1.52. The van der Waals surface area contributed by atoms with Crippen LogP contribution in [0.15, 0.2) is 42.5 Å². The zero-order chi connectivity index (χ0) is 18.6. The molecular formula is C19H24N2O4. The van der Waals surface area contributed by atoms with Gasteiger partial charge in [-0.3, -0.25) is 10.2 Å². The van der Waals surface area contributed by atoms with Gasteiger partial charge in [-0.25, -0.2) is 9.80 Å². The van der Waals surface area contributed by atoms with E-state index in [2.05, 4.69) is 5.43 Å². The number of carbonyl (C=O) groups excluding carboxylic acids is 1. The summed E-state index contributed by atoms with van der Waals surface area (Å²) in [6.07, 6.45) is -0.424. The number of benzene rings is 2. The number of carboxylic acid groups (broad SMARTS) is 1. The summed E-state index contributed by atoms with van der Waals surface area (Å²) in [6.45, 7) is 5.24. The summed E-state index contributed by atoms with van der Waals surface area (Å²) < 4.78 is 5.16. The van der Waals surface area contributed by atoms with E-state index in [1.807, 2.05) is 42.5 Å². The summed E-state index contributed by atoms with van der Waals surface area (Å²) in [5, 5.41) is 12.9. The van der Waals surface area contributed by atoms with E-state index >= 15 is 0 Å². The average Bonchev–Trinajstić information content (AvgIpc) is 2.50. The first-order chi connectivity index (χ1) is 11.7. The van der Waals surface area contributed by atoms with Gasteiger partial charge in [-0.2, -0.15) is 0 Å². The SMILES string of the molecule is CN(NC(=O)OC(C)(C)C)[C@H](Cc1ccc2ccccc2c1)C(=O)O. The molecule has 0 unspecified atom stereocenters. The maximum absolute atomic E-state index is 11.9. The van der Waals surface area contributed by atoms with Crippen molar-refractivity contribution in [3.8, 4) is 0 Å². The first-order valence-corrected chi connectivity index (χ1v) is 8.08. The van der Waals surface area contributed by atoms with Crippen molar-refractivity contribution in [1.29, 1.82) is 0 Å². The molecule has 2 aromatic rings. The van der Waals surface area contributed by atoms with Crippen LogP contribution >= 0.6 is 0 Å². The zero-order valence-corrected chi connectivity index (χ0v) is 14.9.